The molecule has 0 saturated heterocycles. The third-order valence-corrected chi connectivity index (χ3v) is 4.12. The van der Waals surface area contributed by atoms with Crippen molar-refractivity contribution in [3.63, 3.8) is 0 Å². The first kappa shape index (κ1) is 16.5. The van der Waals surface area contributed by atoms with Crippen molar-refractivity contribution < 1.29 is 19.0 Å². The van der Waals surface area contributed by atoms with E-state index >= 15 is 0 Å². The Morgan fingerprint density at radius 1 is 1.21 bits per heavy atom. The van der Waals surface area contributed by atoms with Gasteiger partial charge in [-0.05, 0) is 42.2 Å². The molecular formula is C19H20FNO3. The smallest absolute Gasteiger partial charge is 0.223 e. The second-order valence-corrected chi connectivity index (χ2v) is 6.02. The van der Waals surface area contributed by atoms with E-state index in [9.17, 15) is 14.3 Å². The van der Waals surface area contributed by atoms with Crippen LogP contribution in [0.1, 0.15) is 17.9 Å². The first-order valence-corrected chi connectivity index (χ1v) is 8.02. The molecule has 0 aliphatic heterocycles. The Labute approximate surface area is 140 Å². The molecule has 3 unspecified atom stereocenters. The molecule has 1 amide bonds. The van der Waals surface area contributed by atoms with Gasteiger partial charge in [0.1, 0.15) is 24.3 Å². The minimum absolute atomic E-state index is 0.0161. The number of amides is 1. The van der Waals surface area contributed by atoms with Gasteiger partial charge in [0.05, 0.1) is 0 Å². The van der Waals surface area contributed by atoms with Gasteiger partial charge in [-0.2, -0.15) is 0 Å². The quantitative estimate of drug-likeness (QED) is 0.820. The van der Waals surface area contributed by atoms with E-state index in [4.69, 9.17) is 4.74 Å². The fraction of sp³-hybridized carbons (Fsp3) is 0.316. The SMILES string of the molecule is O=C(NCC(O)COc1ccc(F)cc1)C1CC1c1ccccc1. The van der Waals surface area contributed by atoms with E-state index in [0.29, 0.717) is 5.75 Å². The highest BCUT2D eigenvalue weighted by Gasteiger charge is 2.43. The summed E-state index contributed by atoms with van der Waals surface area (Å²) in [5, 5.41) is 12.6. The van der Waals surface area contributed by atoms with Crippen LogP contribution in [-0.4, -0.2) is 30.3 Å². The van der Waals surface area contributed by atoms with Crippen molar-refractivity contribution in [2.24, 2.45) is 5.92 Å². The largest absolute Gasteiger partial charge is 0.491 e. The molecule has 0 bridgehead atoms. The standard InChI is InChI=1S/C19H20FNO3/c20-14-6-8-16(9-7-14)24-12-15(22)11-21-19(23)18-10-17(18)13-4-2-1-3-5-13/h1-9,15,17-18,22H,10-12H2,(H,21,23). The molecule has 1 aliphatic carbocycles. The summed E-state index contributed by atoms with van der Waals surface area (Å²) in [7, 11) is 0. The molecule has 3 atom stereocenters. The lowest BCUT2D eigenvalue weighted by molar-refractivity contribution is -0.122. The Morgan fingerprint density at radius 3 is 2.62 bits per heavy atom. The number of carbonyl (C=O) groups is 1. The molecule has 2 aromatic carbocycles. The van der Waals surface area contributed by atoms with Gasteiger partial charge in [-0.15, -0.1) is 0 Å². The number of rotatable bonds is 7. The average molecular weight is 329 g/mol. The maximum atomic E-state index is 12.8. The van der Waals surface area contributed by atoms with Crippen LogP contribution in [0.25, 0.3) is 0 Å². The molecule has 1 fully saturated rings. The van der Waals surface area contributed by atoms with Crippen LogP contribution >= 0.6 is 0 Å². The Hall–Kier alpha value is -2.40. The molecule has 1 saturated carbocycles. The van der Waals surface area contributed by atoms with Crippen LogP contribution in [0, 0.1) is 11.7 Å². The van der Waals surface area contributed by atoms with Gasteiger partial charge < -0.3 is 15.2 Å². The van der Waals surface area contributed by atoms with Crippen LogP contribution in [0.3, 0.4) is 0 Å². The van der Waals surface area contributed by atoms with E-state index in [1.807, 2.05) is 30.3 Å². The summed E-state index contributed by atoms with van der Waals surface area (Å²) in [6, 6.07) is 15.5. The number of benzene rings is 2. The molecule has 0 heterocycles. The number of ether oxygens (including phenoxy) is 1. The number of hydrogen-bond donors (Lipinski definition) is 2. The van der Waals surface area contributed by atoms with E-state index in [2.05, 4.69) is 5.32 Å². The van der Waals surface area contributed by atoms with E-state index in [1.165, 1.54) is 29.8 Å². The first-order valence-electron chi connectivity index (χ1n) is 8.02. The van der Waals surface area contributed by atoms with Crippen molar-refractivity contribution in [3.05, 3.63) is 66.0 Å². The highest BCUT2D eigenvalue weighted by Crippen LogP contribution is 2.47. The molecule has 126 valence electrons. The minimum Gasteiger partial charge on any atom is -0.491 e. The van der Waals surface area contributed by atoms with E-state index in [-0.39, 0.29) is 36.7 Å². The third kappa shape index (κ3) is 4.32. The summed E-state index contributed by atoms with van der Waals surface area (Å²) >= 11 is 0. The molecule has 1 aliphatic rings. The van der Waals surface area contributed by atoms with Crippen LogP contribution in [0.2, 0.25) is 0 Å². The van der Waals surface area contributed by atoms with E-state index in [1.54, 1.807) is 0 Å². The lowest BCUT2D eigenvalue weighted by Gasteiger charge is -2.13. The predicted molar refractivity (Wildman–Crippen MR) is 88.2 cm³/mol. The lowest BCUT2D eigenvalue weighted by atomic mass is 10.1. The van der Waals surface area contributed by atoms with Crippen LogP contribution in [0.4, 0.5) is 4.39 Å². The van der Waals surface area contributed by atoms with Gasteiger partial charge in [0.25, 0.3) is 0 Å². The Kier molecular flexibility index (Phi) is 5.11. The topological polar surface area (TPSA) is 58.6 Å². The highest BCUT2D eigenvalue weighted by molar-refractivity contribution is 5.82. The fourth-order valence-electron chi connectivity index (χ4n) is 2.69. The summed E-state index contributed by atoms with van der Waals surface area (Å²) in [6.45, 7) is 0.177. The van der Waals surface area contributed by atoms with Crippen LogP contribution in [0.15, 0.2) is 54.6 Å². The average Bonchev–Trinajstić information content (AvgIpc) is 3.41. The van der Waals surface area contributed by atoms with Gasteiger partial charge in [-0.3, -0.25) is 4.79 Å². The van der Waals surface area contributed by atoms with Gasteiger partial charge in [0, 0.05) is 12.5 Å². The van der Waals surface area contributed by atoms with Crippen LogP contribution < -0.4 is 10.1 Å². The first-order chi connectivity index (χ1) is 11.6. The molecule has 0 spiro atoms. The lowest BCUT2D eigenvalue weighted by Crippen LogP contribution is -2.36. The molecule has 5 heteroatoms. The van der Waals surface area contributed by atoms with Gasteiger partial charge in [-0.1, -0.05) is 30.3 Å². The number of aliphatic hydroxyl groups excluding tert-OH is 1. The maximum Gasteiger partial charge on any atom is 0.223 e. The second kappa shape index (κ2) is 7.45. The van der Waals surface area contributed by atoms with Crippen LogP contribution in [-0.2, 0) is 4.79 Å². The third-order valence-electron chi connectivity index (χ3n) is 4.12. The molecule has 3 rings (SSSR count). The molecule has 2 aromatic rings. The highest BCUT2D eigenvalue weighted by atomic mass is 19.1. The van der Waals surface area contributed by atoms with Crippen molar-refractivity contribution in [2.45, 2.75) is 18.4 Å². The maximum absolute atomic E-state index is 12.8. The molecule has 4 nitrogen and oxygen atoms in total. The van der Waals surface area contributed by atoms with Crippen molar-refractivity contribution in [1.29, 1.82) is 0 Å². The summed E-state index contributed by atoms with van der Waals surface area (Å²) in [5.41, 5.74) is 1.18. The van der Waals surface area contributed by atoms with Crippen molar-refractivity contribution in [1.82, 2.24) is 5.32 Å². The number of hydrogen-bond acceptors (Lipinski definition) is 3. The zero-order chi connectivity index (χ0) is 16.9. The van der Waals surface area contributed by atoms with Crippen molar-refractivity contribution >= 4 is 5.91 Å². The number of aliphatic hydroxyl groups is 1. The Balaban J connectivity index is 1.38. The van der Waals surface area contributed by atoms with Gasteiger partial charge in [0.2, 0.25) is 5.91 Å². The second-order valence-electron chi connectivity index (χ2n) is 6.02. The monoisotopic (exact) mass is 329 g/mol. The van der Waals surface area contributed by atoms with Crippen LogP contribution in [0.5, 0.6) is 5.75 Å². The summed E-state index contributed by atoms with van der Waals surface area (Å²) in [6.07, 6.45) is 0.0332. The zero-order valence-corrected chi connectivity index (χ0v) is 13.2. The van der Waals surface area contributed by atoms with E-state index in [0.717, 1.165) is 6.42 Å². The minimum atomic E-state index is -0.812. The van der Waals surface area contributed by atoms with Gasteiger partial charge in [0.15, 0.2) is 0 Å². The van der Waals surface area contributed by atoms with E-state index < -0.39 is 6.10 Å². The number of halogens is 1. The van der Waals surface area contributed by atoms with Crippen molar-refractivity contribution in [2.75, 3.05) is 13.2 Å². The number of carbonyl (C=O) groups excluding carboxylic acids is 1. The Bertz CT molecular complexity index is 675. The summed E-state index contributed by atoms with van der Waals surface area (Å²) in [5.74, 6) is 0.363. The van der Waals surface area contributed by atoms with Crippen molar-refractivity contribution in [3.8, 4) is 5.75 Å². The predicted octanol–water partition coefficient (Wildman–Crippen LogP) is 2.49. The molecule has 0 aromatic heterocycles. The molecular weight excluding hydrogens is 309 g/mol. The molecule has 0 radical (unpaired) electrons. The number of nitrogens with one attached hydrogen (secondary N) is 1. The van der Waals surface area contributed by atoms with Gasteiger partial charge >= 0.3 is 0 Å². The fourth-order valence-corrected chi connectivity index (χ4v) is 2.69. The van der Waals surface area contributed by atoms with Gasteiger partial charge in [-0.25, -0.2) is 4.39 Å². The Morgan fingerprint density at radius 2 is 1.92 bits per heavy atom. The zero-order valence-electron chi connectivity index (χ0n) is 13.2. The molecule has 24 heavy (non-hydrogen) atoms. The normalized spacial score (nSPS) is 20.2. The summed E-state index contributed by atoms with van der Waals surface area (Å²) in [4.78, 5) is 12.1. The summed E-state index contributed by atoms with van der Waals surface area (Å²) < 4.78 is 18.1. The molecule has 2 N–H and O–H groups in total.